The predicted octanol–water partition coefficient (Wildman–Crippen LogP) is 2.18. The van der Waals surface area contributed by atoms with Gasteiger partial charge in [-0.15, -0.1) is 0 Å². The van der Waals surface area contributed by atoms with Gasteiger partial charge in [0, 0.05) is 36.0 Å². The lowest BCUT2D eigenvalue weighted by Gasteiger charge is -2.46. The number of alkyl halides is 3. The summed E-state index contributed by atoms with van der Waals surface area (Å²) in [6.07, 6.45) is -10.4. The topological polar surface area (TPSA) is 192 Å². The van der Waals surface area contributed by atoms with Gasteiger partial charge in [0.25, 0.3) is 0 Å². The first-order valence-corrected chi connectivity index (χ1v) is 14.8. The smallest absolute Gasteiger partial charge is 0.471 e. The number of allylic oxidation sites excluding steroid dienone is 1. The summed E-state index contributed by atoms with van der Waals surface area (Å²) in [6.45, 7) is 3.63. The summed E-state index contributed by atoms with van der Waals surface area (Å²) < 4.78 is 56.6. The van der Waals surface area contributed by atoms with Crippen LogP contribution >= 0.6 is 0 Å². The average molecular weight is 656 g/mol. The Hall–Kier alpha value is -3.50. The van der Waals surface area contributed by atoms with Crippen molar-refractivity contribution in [2.24, 2.45) is 5.92 Å². The van der Waals surface area contributed by atoms with Gasteiger partial charge in [0.15, 0.2) is 17.9 Å². The van der Waals surface area contributed by atoms with E-state index in [1.54, 1.807) is 6.08 Å². The summed E-state index contributed by atoms with van der Waals surface area (Å²) in [5.74, 6) is -5.24. The maximum atomic E-state index is 14.2. The number of aliphatic hydroxyl groups is 3. The van der Waals surface area contributed by atoms with Crippen LogP contribution in [0.5, 0.6) is 11.5 Å². The number of methoxy groups -OCH3 is 1. The quantitative estimate of drug-likeness (QED) is 0.246. The summed E-state index contributed by atoms with van der Waals surface area (Å²) in [4.78, 5) is 40.1. The van der Waals surface area contributed by atoms with Gasteiger partial charge in [-0.25, -0.2) is 0 Å². The molecule has 7 atom stereocenters. The van der Waals surface area contributed by atoms with Crippen LogP contribution in [0.2, 0.25) is 0 Å². The molecule has 1 heterocycles. The molecule has 1 aromatic rings. The van der Waals surface area contributed by atoms with Crippen molar-refractivity contribution in [3.63, 3.8) is 0 Å². The van der Waals surface area contributed by atoms with Crippen LogP contribution in [0, 0.1) is 5.92 Å². The third kappa shape index (κ3) is 5.57. The summed E-state index contributed by atoms with van der Waals surface area (Å²) in [5, 5.41) is 56.6. The highest BCUT2D eigenvalue weighted by Crippen LogP contribution is 2.51. The number of aliphatic hydroxyl groups excluding tert-OH is 2. The molecule has 4 aliphatic rings. The molecule has 0 saturated carbocycles. The lowest BCUT2D eigenvalue weighted by atomic mass is 9.68. The first-order chi connectivity index (χ1) is 21.4. The van der Waals surface area contributed by atoms with Gasteiger partial charge in [0.05, 0.1) is 59.9 Å². The number of phenolic OH excluding ortho intramolecular Hbond substituents is 2. The van der Waals surface area contributed by atoms with Crippen molar-refractivity contribution in [2.45, 2.75) is 94.8 Å². The molecular weight excluding hydrogens is 619 g/mol. The number of halogens is 3. The summed E-state index contributed by atoms with van der Waals surface area (Å²) >= 11 is 0. The largest absolute Gasteiger partial charge is 0.507 e. The van der Waals surface area contributed by atoms with E-state index in [4.69, 9.17) is 14.2 Å². The van der Waals surface area contributed by atoms with Gasteiger partial charge in [0.2, 0.25) is 0 Å². The molecule has 1 aliphatic heterocycles. The van der Waals surface area contributed by atoms with E-state index in [1.165, 1.54) is 21.0 Å². The van der Waals surface area contributed by atoms with E-state index in [-0.39, 0.29) is 46.8 Å². The van der Waals surface area contributed by atoms with Crippen molar-refractivity contribution in [1.29, 1.82) is 0 Å². The highest BCUT2D eigenvalue weighted by Gasteiger charge is 2.53. The van der Waals surface area contributed by atoms with Crippen molar-refractivity contribution in [3.05, 3.63) is 39.5 Å². The fourth-order valence-corrected chi connectivity index (χ4v) is 7.02. The molecule has 1 amide bonds. The number of hydrogen-bond donors (Lipinski definition) is 6. The Labute approximate surface area is 261 Å². The Kier molecular flexibility index (Phi) is 8.56. The number of hydrogen-bond acceptors (Lipinski definition) is 11. The minimum atomic E-state index is -5.25. The Morgan fingerprint density at radius 1 is 1.11 bits per heavy atom. The van der Waals surface area contributed by atoms with E-state index in [0.29, 0.717) is 0 Å². The zero-order valence-electron chi connectivity index (χ0n) is 25.5. The number of nitrogens with one attached hydrogen (secondary N) is 1. The molecule has 0 bridgehead atoms. The molecule has 1 aromatic carbocycles. The van der Waals surface area contributed by atoms with Crippen molar-refractivity contribution in [3.8, 4) is 11.5 Å². The first-order valence-electron chi connectivity index (χ1n) is 14.8. The van der Waals surface area contributed by atoms with Gasteiger partial charge in [-0.05, 0) is 38.7 Å². The molecule has 252 valence electrons. The third-order valence-corrected chi connectivity index (χ3v) is 9.27. The molecule has 46 heavy (non-hydrogen) atoms. The summed E-state index contributed by atoms with van der Waals surface area (Å²) in [5.41, 5.74) is -5.25. The van der Waals surface area contributed by atoms with Crippen LogP contribution in [0.15, 0.2) is 17.2 Å². The number of carbonyl (C=O) groups excluding carboxylic acids is 3. The van der Waals surface area contributed by atoms with Gasteiger partial charge < -0.3 is 45.1 Å². The second-order valence-corrected chi connectivity index (χ2v) is 12.7. The molecule has 6 N–H and O–H groups in total. The third-order valence-electron chi connectivity index (χ3n) is 9.27. The zero-order chi connectivity index (χ0) is 34.1. The molecule has 0 radical (unpaired) electrons. The standard InChI is InChI=1S/C31H36F3NO11/c1-12-5-15-20(17(6-12)44-4)26(40)23-22(24(15)38)25(39)16-8-30(43,14(3)37)9-18(21(16)27(23)41)46-19-10-29(11-36,7-13(2)45-19)35-28(42)31(32,33)34/h6,12-14,18-19,36-38,40,43H,5,7-11H2,1-4H3,(H,35,42)/t12?,13?,14?,18-,19?,29?,30?/m0/s1. The van der Waals surface area contributed by atoms with Crippen LogP contribution in [0.3, 0.4) is 0 Å². The molecule has 1 fully saturated rings. The van der Waals surface area contributed by atoms with Crippen LogP contribution in [0.1, 0.15) is 78.3 Å². The van der Waals surface area contributed by atoms with Crippen LogP contribution in [-0.4, -0.2) is 98.6 Å². The number of rotatable bonds is 6. The minimum absolute atomic E-state index is 0.0355. The van der Waals surface area contributed by atoms with Crippen LogP contribution in [0.25, 0.3) is 5.76 Å². The highest BCUT2D eigenvalue weighted by atomic mass is 19.4. The maximum absolute atomic E-state index is 14.2. The van der Waals surface area contributed by atoms with Crippen molar-refractivity contribution >= 4 is 23.2 Å². The van der Waals surface area contributed by atoms with Crippen molar-refractivity contribution < 1.29 is 67.3 Å². The Morgan fingerprint density at radius 2 is 1.76 bits per heavy atom. The number of Topliss-reactive ketones (excluding diaryl/α,β-unsaturated/α-hetero) is 2. The number of fused-ring (bicyclic) bond motifs is 2. The minimum Gasteiger partial charge on any atom is -0.507 e. The highest BCUT2D eigenvalue weighted by molar-refractivity contribution is 6.30. The van der Waals surface area contributed by atoms with E-state index in [9.17, 15) is 53.1 Å². The Morgan fingerprint density at radius 3 is 2.35 bits per heavy atom. The van der Waals surface area contributed by atoms with Crippen LogP contribution < -0.4 is 5.32 Å². The second-order valence-electron chi connectivity index (χ2n) is 12.7. The molecule has 0 aromatic heterocycles. The number of amides is 1. The number of aromatic hydroxyl groups is 2. The van der Waals surface area contributed by atoms with Crippen molar-refractivity contribution in [2.75, 3.05) is 13.7 Å². The van der Waals surface area contributed by atoms with Gasteiger partial charge in [-0.2, -0.15) is 13.2 Å². The summed E-state index contributed by atoms with van der Waals surface area (Å²) in [6, 6.07) is 0. The number of benzene rings is 1. The molecule has 6 unspecified atom stereocenters. The number of carbonyl (C=O) groups is 3. The molecule has 5 rings (SSSR count). The fraction of sp³-hybridized carbons (Fsp3) is 0.581. The Balaban J connectivity index is 1.59. The fourth-order valence-electron chi connectivity index (χ4n) is 7.02. The van der Waals surface area contributed by atoms with Gasteiger partial charge >= 0.3 is 12.1 Å². The lowest BCUT2D eigenvalue weighted by Crippen LogP contribution is -2.61. The number of ketones is 2. The van der Waals surface area contributed by atoms with E-state index >= 15 is 0 Å². The number of ether oxygens (including phenoxy) is 3. The molecule has 0 spiro atoms. The second kappa shape index (κ2) is 11.6. The lowest BCUT2D eigenvalue weighted by molar-refractivity contribution is -0.236. The predicted molar refractivity (Wildman–Crippen MR) is 152 cm³/mol. The van der Waals surface area contributed by atoms with E-state index < -0.39 is 108 Å². The average Bonchev–Trinajstić information content (AvgIpc) is 2.96. The SMILES string of the molecule is COC1=CC(C)Cc2c(O)c3c(c(O)c21)C(=O)C1=C(CC(O)(C(C)O)C[C@@H]1OC1CC(CO)(NC(=O)C(F)(F)F)CC(C)O1)C3=O. The molecule has 12 nitrogen and oxygen atoms in total. The first kappa shape index (κ1) is 33.9. The van der Waals surface area contributed by atoms with Crippen LogP contribution in [0.4, 0.5) is 13.2 Å². The van der Waals surface area contributed by atoms with Crippen LogP contribution in [-0.2, 0) is 25.4 Å². The normalized spacial score (nSPS) is 31.8. The van der Waals surface area contributed by atoms with Gasteiger partial charge in [-0.3, -0.25) is 14.4 Å². The molecule has 15 heteroatoms. The monoisotopic (exact) mass is 655 g/mol. The maximum Gasteiger partial charge on any atom is 0.471 e. The molecule has 1 saturated heterocycles. The number of phenols is 2. The van der Waals surface area contributed by atoms with E-state index in [1.807, 2.05) is 12.2 Å². The zero-order valence-corrected chi connectivity index (χ0v) is 25.5. The van der Waals surface area contributed by atoms with Gasteiger partial charge in [-0.1, -0.05) is 6.92 Å². The molecular formula is C31H36F3NO11. The van der Waals surface area contributed by atoms with Gasteiger partial charge in [0.1, 0.15) is 17.3 Å². The van der Waals surface area contributed by atoms with E-state index in [2.05, 4.69) is 0 Å². The Bertz CT molecular complexity index is 1550. The van der Waals surface area contributed by atoms with E-state index in [0.717, 1.165) is 0 Å². The molecule has 3 aliphatic carbocycles. The summed E-state index contributed by atoms with van der Waals surface area (Å²) in [7, 11) is 1.34. The van der Waals surface area contributed by atoms with Crippen molar-refractivity contribution in [1.82, 2.24) is 5.32 Å².